The third kappa shape index (κ3) is 2.06. The van der Waals surface area contributed by atoms with Gasteiger partial charge in [0.2, 0.25) is 0 Å². The molecule has 1 N–H and O–H groups in total. The second-order valence-corrected chi connectivity index (χ2v) is 4.66. The summed E-state index contributed by atoms with van der Waals surface area (Å²) < 4.78 is 5.17. The first-order valence-electron chi connectivity index (χ1n) is 6.35. The molecule has 2 aromatic rings. The third-order valence-electron chi connectivity index (χ3n) is 3.56. The first-order chi connectivity index (χ1) is 8.86. The molecule has 1 aliphatic carbocycles. The average molecular weight is 239 g/mol. The van der Waals surface area contributed by atoms with Crippen LogP contribution in [0, 0.1) is 0 Å². The number of ether oxygens (including phenoxy) is 1. The molecule has 0 saturated carbocycles. The molecule has 0 aromatic heterocycles. The second kappa shape index (κ2) is 4.73. The molecule has 1 unspecified atom stereocenters. The summed E-state index contributed by atoms with van der Waals surface area (Å²) in [5.74, 6) is 0.896. The summed E-state index contributed by atoms with van der Waals surface area (Å²) in [6.45, 7) is 0. The maximum Gasteiger partial charge on any atom is 0.119 e. The summed E-state index contributed by atoms with van der Waals surface area (Å²) >= 11 is 0. The molecule has 0 amide bonds. The maximum absolute atomic E-state index is 5.17. The number of methoxy groups -OCH3 is 1. The molecular weight excluding hydrogens is 222 g/mol. The van der Waals surface area contributed by atoms with E-state index in [2.05, 4.69) is 41.7 Å². The van der Waals surface area contributed by atoms with Crippen molar-refractivity contribution in [2.75, 3.05) is 12.4 Å². The van der Waals surface area contributed by atoms with Crippen LogP contribution in [0.3, 0.4) is 0 Å². The van der Waals surface area contributed by atoms with Crippen LogP contribution in [-0.4, -0.2) is 7.11 Å². The monoisotopic (exact) mass is 239 g/mol. The number of nitrogens with one attached hydrogen (secondary N) is 1. The largest absolute Gasteiger partial charge is 0.497 e. The lowest BCUT2D eigenvalue weighted by atomic mass is 10.1. The Morgan fingerprint density at radius 2 is 1.83 bits per heavy atom. The van der Waals surface area contributed by atoms with E-state index >= 15 is 0 Å². The summed E-state index contributed by atoms with van der Waals surface area (Å²) in [7, 11) is 1.69. The predicted octanol–water partition coefficient (Wildman–Crippen LogP) is 3.79. The average Bonchev–Trinajstić information content (AvgIpc) is 2.83. The fourth-order valence-electron chi connectivity index (χ4n) is 2.60. The van der Waals surface area contributed by atoms with Gasteiger partial charge >= 0.3 is 0 Å². The van der Waals surface area contributed by atoms with Gasteiger partial charge in [-0.05, 0) is 48.2 Å². The first kappa shape index (κ1) is 11.1. The lowest BCUT2D eigenvalue weighted by Gasteiger charge is -2.15. The normalized spacial score (nSPS) is 17.3. The van der Waals surface area contributed by atoms with E-state index in [4.69, 9.17) is 4.74 Å². The molecule has 0 radical (unpaired) electrons. The van der Waals surface area contributed by atoms with Crippen LogP contribution in [0.5, 0.6) is 5.75 Å². The standard InChI is InChI=1S/C16H17NO/c1-18-14-9-7-13(8-10-14)17-16-11-6-12-4-2-3-5-15(12)16/h2-5,7-10,16-17H,6,11H2,1H3. The molecule has 0 saturated heterocycles. The van der Waals surface area contributed by atoms with Crippen molar-refractivity contribution in [3.8, 4) is 5.75 Å². The van der Waals surface area contributed by atoms with Crippen LogP contribution in [-0.2, 0) is 6.42 Å². The zero-order valence-electron chi connectivity index (χ0n) is 10.5. The Balaban J connectivity index is 1.77. The quantitative estimate of drug-likeness (QED) is 0.879. The molecule has 0 fully saturated rings. The molecule has 1 atom stereocenters. The molecule has 3 rings (SSSR count). The molecular formula is C16H17NO. The van der Waals surface area contributed by atoms with Gasteiger partial charge in [0.15, 0.2) is 0 Å². The number of hydrogen-bond acceptors (Lipinski definition) is 2. The van der Waals surface area contributed by atoms with Crippen molar-refractivity contribution in [2.24, 2.45) is 0 Å². The van der Waals surface area contributed by atoms with Crippen molar-refractivity contribution < 1.29 is 4.74 Å². The lowest BCUT2D eigenvalue weighted by Crippen LogP contribution is -2.06. The van der Waals surface area contributed by atoms with Crippen molar-refractivity contribution in [2.45, 2.75) is 18.9 Å². The van der Waals surface area contributed by atoms with Gasteiger partial charge in [0.25, 0.3) is 0 Å². The summed E-state index contributed by atoms with van der Waals surface area (Å²) in [6.07, 6.45) is 2.34. The number of rotatable bonds is 3. The molecule has 0 heterocycles. The Kier molecular flexibility index (Phi) is 2.93. The van der Waals surface area contributed by atoms with Crippen molar-refractivity contribution in [3.63, 3.8) is 0 Å². The summed E-state index contributed by atoms with van der Waals surface area (Å²) in [4.78, 5) is 0. The lowest BCUT2D eigenvalue weighted by molar-refractivity contribution is 0.415. The van der Waals surface area contributed by atoms with E-state index in [-0.39, 0.29) is 0 Å². The van der Waals surface area contributed by atoms with Gasteiger partial charge in [-0.1, -0.05) is 24.3 Å². The fraction of sp³-hybridized carbons (Fsp3) is 0.250. The summed E-state index contributed by atoms with van der Waals surface area (Å²) in [5.41, 5.74) is 4.06. The molecule has 1 aliphatic rings. The number of anilines is 1. The highest BCUT2D eigenvalue weighted by Gasteiger charge is 2.21. The zero-order chi connectivity index (χ0) is 12.4. The van der Waals surface area contributed by atoms with E-state index in [0.29, 0.717) is 6.04 Å². The van der Waals surface area contributed by atoms with Gasteiger partial charge in [0.1, 0.15) is 5.75 Å². The number of fused-ring (bicyclic) bond motifs is 1. The highest BCUT2D eigenvalue weighted by molar-refractivity contribution is 5.50. The van der Waals surface area contributed by atoms with Crippen molar-refractivity contribution in [1.29, 1.82) is 0 Å². The number of hydrogen-bond donors (Lipinski definition) is 1. The Labute approximate surface area is 108 Å². The summed E-state index contributed by atoms with van der Waals surface area (Å²) in [5, 5.41) is 3.59. The Hall–Kier alpha value is -1.96. The van der Waals surface area contributed by atoms with E-state index in [1.54, 1.807) is 7.11 Å². The van der Waals surface area contributed by atoms with Gasteiger partial charge in [0.05, 0.1) is 13.2 Å². The fourth-order valence-corrected chi connectivity index (χ4v) is 2.60. The van der Waals surface area contributed by atoms with Crippen LogP contribution >= 0.6 is 0 Å². The topological polar surface area (TPSA) is 21.3 Å². The zero-order valence-corrected chi connectivity index (χ0v) is 10.5. The Bertz CT molecular complexity index is 533. The molecule has 0 spiro atoms. The highest BCUT2D eigenvalue weighted by Crippen LogP contribution is 2.33. The minimum atomic E-state index is 0.439. The minimum Gasteiger partial charge on any atom is -0.497 e. The van der Waals surface area contributed by atoms with Crippen molar-refractivity contribution in [1.82, 2.24) is 0 Å². The SMILES string of the molecule is COc1ccc(NC2CCc3ccccc32)cc1. The molecule has 2 nitrogen and oxygen atoms in total. The minimum absolute atomic E-state index is 0.439. The number of aryl methyl sites for hydroxylation is 1. The van der Waals surface area contributed by atoms with Crippen molar-refractivity contribution in [3.05, 3.63) is 59.7 Å². The van der Waals surface area contributed by atoms with E-state index in [9.17, 15) is 0 Å². The third-order valence-corrected chi connectivity index (χ3v) is 3.56. The summed E-state index contributed by atoms with van der Waals surface area (Å²) in [6, 6.07) is 17.2. The van der Waals surface area contributed by atoms with E-state index in [1.165, 1.54) is 24.0 Å². The highest BCUT2D eigenvalue weighted by atomic mass is 16.5. The van der Waals surface area contributed by atoms with Gasteiger partial charge in [0, 0.05) is 5.69 Å². The van der Waals surface area contributed by atoms with E-state index in [0.717, 1.165) is 11.4 Å². The van der Waals surface area contributed by atoms with Crippen LogP contribution in [0.25, 0.3) is 0 Å². The van der Waals surface area contributed by atoms with Gasteiger partial charge in [-0.3, -0.25) is 0 Å². The Morgan fingerprint density at radius 1 is 1.06 bits per heavy atom. The second-order valence-electron chi connectivity index (χ2n) is 4.66. The van der Waals surface area contributed by atoms with Crippen LogP contribution in [0.1, 0.15) is 23.6 Å². The van der Waals surface area contributed by atoms with Gasteiger partial charge in [-0.15, -0.1) is 0 Å². The van der Waals surface area contributed by atoms with Gasteiger partial charge in [-0.25, -0.2) is 0 Å². The van der Waals surface area contributed by atoms with Gasteiger partial charge in [-0.2, -0.15) is 0 Å². The Morgan fingerprint density at radius 3 is 2.61 bits per heavy atom. The molecule has 2 heteroatoms. The van der Waals surface area contributed by atoms with Crippen molar-refractivity contribution >= 4 is 5.69 Å². The van der Waals surface area contributed by atoms with Crippen LogP contribution < -0.4 is 10.1 Å². The molecule has 0 aliphatic heterocycles. The van der Waals surface area contributed by atoms with Crippen LogP contribution in [0.15, 0.2) is 48.5 Å². The first-order valence-corrected chi connectivity index (χ1v) is 6.35. The molecule has 0 bridgehead atoms. The van der Waals surface area contributed by atoms with Crippen LogP contribution in [0.4, 0.5) is 5.69 Å². The van der Waals surface area contributed by atoms with E-state index in [1.807, 2.05) is 12.1 Å². The van der Waals surface area contributed by atoms with Gasteiger partial charge < -0.3 is 10.1 Å². The smallest absolute Gasteiger partial charge is 0.119 e. The molecule has 2 aromatic carbocycles. The number of benzene rings is 2. The molecule has 18 heavy (non-hydrogen) atoms. The maximum atomic E-state index is 5.17. The van der Waals surface area contributed by atoms with E-state index < -0.39 is 0 Å². The predicted molar refractivity (Wildman–Crippen MR) is 74.1 cm³/mol. The van der Waals surface area contributed by atoms with Crippen LogP contribution in [0.2, 0.25) is 0 Å². The molecule has 92 valence electrons.